The number of hydrogen-bond acceptors (Lipinski definition) is 5. The molecule has 2 aromatic carbocycles. The number of phenolic OH excluding ortho intramolecular Hbond substituents is 1. The van der Waals surface area contributed by atoms with Crippen LogP contribution in [0.2, 0.25) is 0 Å². The zero-order valence-electron chi connectivity index (χ0n) is 20.1. The van der Waals surface area contributed by atoms with E-state index in [0.29, 0.717) is 25.8 Å². The quantitative estimate of drug-likeness (QED) is 0.405. The maximum absolute atomic E-state index is 13.7. The summed E-state index contributed by atoms with van der Waals surface area (Å²) in [5.74, 6) is -1.42. The van der Waals surface area contributed by atoms with E-state index < -0.39 is 16.6 Å². The Morgan fingerprint density at radius 3 is 2.61 bits per heavy atom. The summed E-state index contributed by atoms with van der Waals surface area (Å²) in [6.45, 7) is 8.93. The van der Waals surface area contributed by atoms with Crippen molar-refractivity contribution in [3.8, 4) is 16.9 Å². The number of phenols is 1. The average Bonchev–Trinajstić information content (AvgIpc) is 3.16. The van der Waals surface area contributed by atoms with Crippen LogP contribution in [-0.4, -0.2) is 35.9 Å². The second kappa shape index (κ2) is 8.39. The third-order valence-electron chi connectivity index (χ3n) is 8.23. The van der Waals surface area contributed by atoms with Crippen molar-refractivity contribution < 1.29 is 19.7 Å². The molecule has 0 radical (unpaired) electrons. The standard InChI is InChI=1S/C28H35NO4/c1-18-24-11-12-27(26(18,2)3,28(24,32)33-5)25(31)10-9-19-7-6-8-21(13-19)22-14-20(17-29-4)15-23(30)16-22/h6-8,13-16,24,29-30,32H,1,9-12,17H2,2-5H3. The highest BCUT2D eigenvalue weighted by molar-refractivity contribution is 5.89. The van der Waals surface area contributed by atoms with Gasteiger partial charge < -0.3 is 20.3 Å². The van der Waals surface area contributed by atoms with E-state index >= 15 is 0 Å². The van der Waals surface area contributed by atoms with E-state index in [9.17, 15) is 15.0 Å². The highest BCUT2D eigenvalue weighted by atomic mass is 16.6. The first-order valence-electron chi connectivity index (χ1n) is 11.7. The monoisotopic (exact) mass is 449 g/mol. The van der Waals surface area contributed by atoms with Crippen molar-refractivity contribution in [1.29, 1.82) is 0 Å². The molecule has 3 N–H and O–H groups in total. The van der Waals surface area contributed by atoms with Gasteiger partial charge in [-0.2, -0.15) is 0 Å². The zero-order chi connectivity index (χ0) is 24.0. The first-order chi connectivity index (χ1) is 15.6. The average molecular weight is 450 g/mol. The number of ketones is 1. The molecule has 0 heterocycles. The Labute approximate surface area is 196 Å². The molecule has 0 aromatic heterocycles. The molecule has 0 saturated heterocycles. The van der Waals surface area contributed by atoms with E-state index in [-0.39, 0.29) is 17.5 Å². The lowest BCUT2D eigenvalue weighted by atomic mass is 9.59. The minimum atomic E-state index is -1.49. The van der Waals surface area contributed by atoms with Gasteiger partial charge in [0.1, 0.15) is 11.5 Å². The van der Waals surface area contributed by atoms with Gasteiger partial charge in [0.2, 0.25) is 0 Å². The molecule has 2 bridgehead atoms. The number of Topliss-reactive ketones (excluding diaryl/α,β-unsaturated/α-hetero) is 1. The molecule has 3 atom stereocenters. The highest BCUT2D eigenvalue weighted by Gasteiger charge is 2.76. The SMILES string of the molecule is C=C1C2CCC(C(=O)CCc3cccc(-c4cc(O)cc(CNC)c4)c3)(C1(C)C)C2(O)OC. The van der Waals surface area contributed by atoms with Crippen LogP contribution in [-0.2, 0) is 22.5 Å². The highest BCUT2D eigenvalue weighted by Crippen LogP contribution is 2.72. The maximum Gasteiger partial charge on any atom is 0.185 e. The summed E-state index contributed by atoms with van der Waals surface area (Å²) in [5, 5.41) is 24.7. The number of fused-ring (bicyclic) bond motifs is 2. The molecule has 3 unspecified atom stereocenters. The number of methoxy groups -OCH3 is 1. The van der Waals surface area contributed by atoms with Gasteiger partial charge in [0.25, 0.3) is 0 Å². The van der Waals surface area contributed by atoms with E-state index in [0.717, 1.165) is 34.2 Å². The number of ether oxygens (including phenoxy) is 1. The molecule has 5 nitrogen and oxygen atoms in total. The van der Waals surface area contributed by atoms with Gasteiger partial charge in [-0.1, -0.05) is 50.3 Å². The first kappa shape index (κ1) is 23.7. The molecule has 5 heteroatoms. The van der Waals surface area contributed by atoms with Gasteiger partial charge in [-0.05, 0) is 66.8 Å². The summed E-state index contributed by atoms with van der Waals surface area (Å²) in [4.78, 5) is 13.7. The fourth-order valence-electron chi connectivity index (χ4n) is 6.44. The minimum absolute atomic E-state index is 0.0389. The van der Waals surface area contributed by atoms with Crippen LogP contribution in [0.5, 0.6) is 5.75 Å². The van der Waals surface area contributed by atoms with Gasteiger partial charge in [0, 0.05) is 31.4 Å². The Balaban J connectivity index is 1.57. The number of carbonyl (C=O) groups excluding carboxylic acids is 1. The Kier molecular flexibility index (Phi) is 6.02. The van der Waals surface area contributed by atoms with Crippen molar-refractivity contribution in [2.75, 3.05) is 14.2 Å². The number of carbonyl (C=O) groups is 1. The number of benzene rings is 2. The molecule has 2 fully saturated rings. The number of aromatic hydroxyl groups is 1. The normalized spacial score (nSPS) is 27.8. The predicted octanol–water partition coefficient (Wildman–Crippen LogP) is 4.61. The number of rotatable bonds is 8. The van der Waals surface area contributed by atoms with Crippen LogP contribution in [0.15, 0.2) is 54.6 Å². The molecule has 0 spiro atoms. The second-order valence-corrected chi connectivity index (χ2v) is 10.1. The van der Waals surface area contributed by atoms with E-state index in [4.69, 9.17) is 4.74 Å². The summed E-state index contributed by atoms with van der Waals surface area (Å²) in [6, 6.07) is 13.7. The van der Waals surface area contributed by atoms with Crippen LogP contribution in [0.25, 0.3) is 11.1 Å². The summed E-state index contributed by atoms with van der Waals surface area (Å²) in [6.07, 6.45) is 2.23. The fraction of sp³-hybridized carbons (Fsp3) is 0.464. The number of hydrogen-bond donors (Lipinski definition) is 3. The molecule has 0 amide bonds. The number of aryl methyl sites for hydroxylation is 1. The van der Waals surface area contributed by atoms with Gasteiger partial charge in [-0.25, -0.2) is 0 Å². The van der Waals surface area contributed by atoms with Gasteiger partial charge >= 0.3 is 0 Å². The van der Waals surface area contributed by atoms with Crippen LogP contribution < -0.4 is 5.32 Å². The summed E-state index contributed by atoms with van der Waals surface area (Å²) < 4.78 is 5.63. The Morgan fingerprint density at radius 1 is 1.18 bits per heavy atom. The predicted molar refractivity (Wildman–Crippen MR) is 130 cm³/mol. The topological polar surface area (TPSA) is 78.8 Å². The third kappa shape index (κ3) is 3.45. The van der Waals surface area contributed by atoms with Crippen molar-refractivity contribution in [2.45, 2.75) is 51.9 Å². The molecular weight excluding hydrogens is 414 g/mol. The summed E-state index contributed by atoms with van der Waals surface area (Å²) >= 11 is 0. The van der Waals surface area contributed by atoms with Crippen molar-refractivity contribution in [2.24, 2.45) is 16.7 Å². The van der Waals surface area contributed by atoms with E-state index in [2.05, 4.69) is 24.0 Å². The van der Waals surface area contributed by atoms with Crippen molar-refractivity contribution in [3.05, 3.63) is 65.7 Å². The maximum atomic E-state index is 13.7. The zero-order valence-corrected chi connectivity index (χ0v) is 20.1. The van der Waals surface area contributed by atoms with Crippen LogP contribution >= 0.6 is 0 Å². The fourth-order valence-corrected chi connectivity index (χ4v) is 6.44. The van der Waals surface area contributed by atoms with E-state index in [1.165, 1.54) is 7.11 Å². The smallest absolute Gasteiger partial charge is 0.185 e. The lowest BCUT2D eigenvalue weighted by Crippen LogP contribution is -2.55. The molecule has 0 aliphatic heterocycles. The molecule has 2 saturated carbocycles. The largest absolute Gasteiger partial charge is 0.508 e. The van der Waals surface area contributed by atoms with Gasteiger partial charge in [0.05, 0.1) is 5.41 Å². The number of nitrogens with one attached hydrogen (secondary N) is 1. The van der Waals surface area contributed by atoms with Crippen LogP contribution in [0, 0.1) is 16.7 Å². The lowest BCUT2D eigenvalue weighted by molar-refractivity contribution is -0.252. The van der Waals surface area contributed by atoms with Gasteiger partial charge in [-0.15, -0.1) is 0 Å². The Morgan fingerprint density at radius 2 is 1.91 bits per heavy atom. The van der Waals surface area contributed by atoms with Crippen molar-refractivity contribution >= 4 is 5.78 Å². The van der Waals surface area contributed by atoms with Crippen LogP contribution in [0.4, 0.5) is 0 Å². The molecule has 176 valence electrons. The summed E-state index contributed by atoms with van der Waals surface area (Å²) in [7, 11) is 3.37. The van der Waals surface area contributed by atoms with Crippen LogP contribution in [0.1, 0.15) is 44.2 Å². The van der Waals surface area contributed by atoms with Crippen molar-refractivity contribution in [3.63, 3.8) is 0 Å². The minimum Gasteiger partial charge on any atom is -0.508 e. The first-order valence-corrected chi connectivity index (χ1v) is 11.7. The third-order valence-corrected chi connectivity index (χ3v) is 8.23. The molecule has 2 aliphatic rings. The van der Waals surface area contributed by atoms with Crippen LogP contribution in [0.3, 0.4) is 0 Å². The van der Waals surface area contributed by atoms with Gasteiger partial charge in [-0.3, -0.25) is 4.79 Å². The molecule has 33 heavy (non-hydrogen) atoms. The second-order valence-electron chi connectivity index (χ2n) is 10.1. The Hall–Kier alpha value is -2.47. The molecule has 2 aliphatic carbocycles. The molecular formula is C28H35NO4. The molecule has 2 aromatic rings. The van der Waals surface area contributed by atoms with Crippen molar-refractivity contribution in [1.82, 2.24) is 5.32 Å². The number of aliphatic hydroxyl groups is 1. The lowest BCUT2D eigenvalue weighted by Gasteiger charge is -2.45. The Bertz CT molecular complexity index is 1090. The van der Waals surface area contributed by atoms with E-state index in [1.54, 1.807) is 12.1 Å². The summed E-state index contributed by atoms with van der Waals surface area (Å²) in [5.41, 5.74) is 3.40. The molecule has 4 rings (SSSR count). The van der Waals surface area contributed by atoms with Gasteiger partial charge in [0.15, 0.2) is 5.79 Å². The van der Waals surface area contributed by atoms with E-state index in [1.807, 2.05) is 39.1 Å².